The van der Waals surface area contributed by atoms with Crippen LogP contribution in [0.1, 0.15) is 52.9 Å². The van der Waals surface area contributed by atoms with Crippen LogP contribution in [0.3, 0.4) is 0 Å². The number of halogens is 1. The zero-order valence-electron chi connectivity index (χ0n) is 15.2. The van der Waals surface area contributed by atoms with Crippen LogP contribution in [0.4, 0.5) is 4.39 Å². The standard InChI is InChI=1S/C21H24FNO2/c1-14-5-6-18(13-15(14)2)20(24)11-12-21(25)23(4)16(3)17-7-9-19(22)10-8-17/h5-10,13,16H,11-12H2,1-4H3. The van der Waals surface area contributed by atoms with Crippen molar-refractivity contribution in [2.24, 2.45) is 0 Å². The molecule has 0 aliphatic heterocycles. The summed E-state index contributed by atoms with van der Waals surface area (Å²) < 4.78 is 13.0. The topological polar surface area (TPSA) is 37.4 Å². The average Bonchev–Trinajstić information content (AvgIpc) is 2.61. The molecule has 0 radical (unpaired) electrons. The summed E-state index contributed by atoms with van der Waals surface area (Å²) in [6.07, 6.45) is 0.343. The second-order valence-corrected chi connectivity index (χ2v) is 6.45. The molecule has 1 amide bonds. The van der Waals surface area contributed by atoms with Gasteiger partial charge in [-0.05, 0) is 55.7 Å². The Balaban J connectivity index is 1.95. The van der Waals surface area contributed by atoms with E-state index >= 15 is 0 Å². The second kappa shape index (κ2) is 8.06. The highest BCUT2D eigenvalue weighted by Gasteiger charge is 2.18. The third kappa shape index (κ3) is 4.75. The molecule has 3 nitrogen and oxygen atoms in total. The quantitative estimate of drug-likeness (QED) is 0.719. The zero-order chi connectivity index (χ0) is 18.6. The number of aryl methyl sites for hydroxylation is 2. The van der Waals surface area contributed by atoms with Crippen molar-refractivity contribution in [1.29, 1.82) is 0 Å². The fourth-order valence-electron chi connectivity index (χ4n) is 2.64. The van der Waals surface area contributed by atoms with Crippen LogP contribution < -0.4 is 0 Å². The summed E-state index contributed by atoms with van der Waals surface area (Å²) >= 11 is 0. The van der Waals surface area contributed by atoms with Crippen molar-refractivity contribution in [3.63, 3.8) is 0 Å². The first-order chi connectivity index (χ1) is 11.8. The SMILES string of the molecule is Cc1ccc(C(=O)CCC(=O)N(C)C(C)c2ccc(F)cc2)cc1C. The molecule has 0 aromatic heterocycles. The first-order valence-electron chi connectivity index (χ1n) is 8.41. The monoisotopic (exact) mass is 341 g/mol. The van der Waals surface area contributed by atoms with E-state index in [1.165, 1.54) is 12.1 Å². The Labute approximate surface area is 148 Å². The van der Waals surface area contributed by atoms with Crippen LogP contribution in [-0.2, 0) is 4.79 Å². The highest BCUT2D eigenvalue weighted by Crippen LogP contribution is 2.20. The molecule has 1 unspecified atom stereocenters. The number of hydrogen-bond acceptors (Lipinski definition) is 2. The molecule has 0 aliphatic rings. The molecule has 1 atom stereocenters. The number of ketones is 1. The summed E-state index contributed by atoms with van der Waals surface area (Å²) in [5.41, 5.74) is 3.71. The minimum atomic E-state index is -0.302. The van der Waals surface area contributed by atoms with E-state index in [0.717, 1.165) is 16.7 Å². The summed E-state index contributed by atoms with van der Waals surface area (Å²) in [4.78, 5) is 26.3. The molecule has 0 saturated heterocycles. The number of hydrogen-bond donors (Lipinski definition) is 0. The first kappa shape index (κ1) is 18.8. The molecular weight excluding hydrogens is 317 g/mol. The summed E-state index contributed by atoms with van der Waals surface area (Å²) in [6, 6.07) is 11.5. The Kier molecular flexibility index (Phi) is 6.07. The molecular formula is C21H24FNO2. The molecule has 4 heteroatoms. The van der Waals surface area contributed by atoms with Gasteiger partial charge in [0.1, 0.15) is 5.82 Å². The van der Waals surface area contributed by atoms with Gasteiger partial charge in [-0.25, -0.2) is 4.39 Å². The van der Waals surface area contributed by atoms with Crippen molar-refractivity contribution in [3.05, 3.63) is 70.5 Å². The summed E-state index contributed by atoms with van der Waals surface area (Å²) in [5, 5.41) is 0. The molecule has 0 bridgehead atoms. The van der Waals surface area contributed by atoms with E-state index in [9.17, 15) is 14.0 Å². The van der Waals surface area contributed by atoms with Crippen LogP contribution in [0.2, 0.25) is 0 Å². The van der Waals surface area contributed by atoms with Crippen LogP contribution in [-0.4, -0.2) is 23.6 Å². The van der Waals surface area contributed by atoms with Gasteiger partial charge in [0, 0.05) is 25.5 Å². The van der Waals surface area contributed by atoms with E-state index in [1.807, 2.05) is 32.9 Å². The molecule has 0 fully saturated rings. The number of carbonyl (C=O) groups is 2. The number of benzene rings is 2. The molecule has 132 valence electrons. The Morgan fingerprint density at radius 2 is 1.64 bits per heavy atom. The number of Topliss-reactive ketones (excluding diaryl/α,β-unsaturated/α-hetero) is 1. The van der Waals surface area contributed by atoms with Crippen molar-refractivity contribution in [3.8, 4) is 0 Å². The Hall–Kier alpha value is -2.49. The van der Waals surface area contributed by atoms with Gasteiger partial charge in [-0.15, -0.1) is 0 Å². The van der Waals surface area contributed by atoms with Crippen molar-refractivity contribution in [2.75, 3.05) is 7.05 Å². The highest BCUT2D eigenvalue weighted by atomic mass is 19.1. The van der Waals surface area contributed by atoms with E-state index in [2.05, 4.69) is 0 Å². The summed E-state index contributed by atoms with van der Waals surface area (Å²) in [6.45, 7) is 5.85. The van der Waals surface area contributed by atoms with Gasteiger partial charge in [-0.2, -0.15) is 0 Å². The first-order valence-corrected chi connectivity index (χ1v) is 8.41. The second-order valence-electron chi connectivity index (χ2n) is 6.45. The third-order valence-electron chi connectivity index (χ3n) is 4.72. The van der Waals surface area contributed by atoms with E-state index in [1.54, 1.807) is 30.1 Å². The van der Waals surface area contributed by atoms with Crippen molar-refractivity contribution >= 4 is 11.7 Å². The van der Waals surface area contributed by atoms with Crippen LogP contribution in [0.15, 0.2) is 42.5 Å². The van der Waals surface area contributed by atoms with Gasteiger partial charge in [0.15, 0.2) is 5.78 Å². The highest BCUT2D eigenvalue weighted by molar-refractivity contribution is 5.98. The Morgan fingerprint density at radius 1 is 1.00 bits per heavy atom. The molecule has 2 rings (SSSR count). The molecule has 0 N–H and O–H groups in total. The van der Waals surface area contributed by atoms with Crippen molar-refractivity contribution < 1.29 is 14.0 Å². The molecule has 0 heterocycles. The van der Waals surface area contributed by atoms with E-state index in [0.29, 0.717) is 5.56 Å². The van der Waals surface area contributed by atoms with Gasteiger partial charge >= 0.3 is 0 Å². The Morgan fingerprint density at radius 3 is 2.24 bits per heavy atom. The van der Waals surface area contributed by atoms with Gasteiger partial charge in [-0.1, -0.05) is 24.3 Å². The van der Waals surface area contributed by atoms with Gasteiger partial charge in [-0.3, -0.25) is 9.59 Å². The number of amides is 1. The number of carbonyl (C=O) groups excluding carboxylic acids is 2. The predicted octanol–water partition coefficient (Wildman–Crippen LogP) is 4.63. The number of rotatable bonds is 6. The molecule has 0 saturated carbocycles. The molecule has 2 aromatic carbocycles. The molecule has 2 aromatic rings. The number of nitrogens with zero attached hydrogens (tertiary/aromatic N) is 1. The predicted molar refractivity (Wildman–Crippen MR) is 97.1 cm³/mol. The smallest absolute Gasteiger partial charge is 0.223 e. The van der Waals surface area contributed by atoms with Crippen LogP contribution in [0.25, 0.3) is 0 Å². The third-order valence-corrected chi connectivity index (χ3v) is 4.72. The van der Waals surface area contributed by atoms with Gasteiger partial charge in [0.05, 0.1) is 6.04 Å². The van der Waals surface area contributed by atoms with Crippen molar-refractivity contribution in [1.82, 2.24) is 4.90 Å². The zero-order valence-corrected chi connectivity index (χ0v) is 15.2. The van der Waals surface area contributed by atoms with Gasteiger partial charge in [0.2, 0.25) is 5.91 Å². The van der Waals surface area contributed by atoms with E-state index in [4.69, 9.17) is 0 Å². The molecule has 0 spiro atoms. The lowest BCUT2D eigenvalue weighted by Gasteiger charge is -2.25. The average molecular weight is 341 g/mol. The van der Waals surface area contributed by atoms with Crippen LogP contribution in [0, 0.1) is 19.7 Å². The molecule has 25 heavy (non-hydrogen) atoms. The minimum absolute atomic E-state index is 0.0284. The van der Waals surface area contributed by atoms with E-state index < -0.39 is 0 Å². The van der Waals surface area contributed by atoms with Gasteiger partial charge < -0.3 is 4.90 Å². The molecule has 0 aliphatic carbocycles. The maximum absolute atomic E-state index is 13.0. The Bertz CT molecular complexity index is 768. The van der Waals surface area contributed by atoms with E-state index in [-0.39, 0.29) is 36.4 Å². The maximum Gasteiger partial charge on any atom is 0.223 e. The van der Waals surface area contributed by atoms with Crippen LogP contribution >= 0.6 is 0 Å². The lowest BCUT2D eigenvalue weighted by atomic mass is 10.0. The lowest BCUT2D eigenvalue weighted by Crippen LogP contribution is -2.29. The minimum Gasteiger partial charge on any atom is -0.339 e. The lowest BCUT2D eigenvalue weighted by molar-refractivity contribution is -0.131. The van der Waals surface area contributed by atoms with Gasteiger partial charge in [0.25, 0.3) is 0 Å². The fourth-order valence-corrected chi connectivity index (χ4v) is 2.64. The summed E-state index contributed by atoms with van der Waals surface area (Å²) in [7, 11) is 1.71. The van der Waals surface area contributed by atoms with Crippen LogP contribution in [0.5, 0.6) is 0 Å². The fraction of sp³-hybridized carbons (Fsp3) is 0.333. The normalized spacial score (nSPS) is 11.9. The summed E-state index contributed by atoms with van der Waals surface area (Å²) in [5.74, 6) is -0.433. The maximum atomic E-state index is 13.0. The van der Waals surface area contributed by atoms with Crippen molar-refractivity contribution in [2.45, 2.75) is 39.7 Å². The largest absolute Gasteiger partial charge is 0.339 e.